The molecule has 2 aromatic rings. The van der Waals surface area contributed by atoms with E-state index in [2.05, 4.69) is 10.1 Å². The number of rotatable bonds is 5. The number of methoxy groups -OCH3 is 1. The van der Waals surface area contributed by atoms with Crippen molar-refractivity contribution >= 4 is 17.3 Å². The highest BCUT2D eigenvalue weighted by atomic mass is 19.1. The van der Waals surface area contributed by atoms with E-state index in [4.69, 9.17) is 5.73 Å². The Morgan fingerprint density at radius 1 is 1.29 bits per heavy atom. The molecule has 3 N–H and O–H groups in total. The fraction of sp³-hybridized carbons (Fsp3) is 0.188. The van der Waals surface area contributed by atoms with Crippen LogP contribution in [0.3, 0.4) is 0 Å². The molecular formula is C16H17FN2O2. The third-order valence-corrected chi connectivity index (χ3v) is 3.14. The number of halogens is 1. The maximum Gasteiger partial charge on any atom is 0.340 e. The molecule has 0 radical (unpaired) electrons. The van der Waals surface area contributed by atoms with Gasteiger partial charge in [-0.2, -0.15) is 0 Å². The molecule has 2 aromatic carbocycles. The molecule has 0 saturated carbocycles. The first-order valence-electron chi connectivity index (χ1n) is 6.57. The summed E-state index contributed by atoms with van der Waals surface area (Å²) in [5, 5.41) is 3.14. The Morgan fingerprint density at radius 2 is 2.05 bits per heavy atom. The highest BCUT2D eigenvalue weighted by Crippen LogP contribution is 2.19. The topological polar surface area (TPSA) is 64.3 Å². The molecule has 0 aromatic heterocycles. The summed E-state index contributed by atoms with van der Waals surface area (Å²) in [5.41, 5.74) is 7.79. The summed E-state index contributed by atoms with van der Waals surface area (Å²) in [5.74, 6) is -0.697. The first-order valence-corrected chi connectivity index (χ1v) is 6.57. The minimum Gasteiger partial charge on any atom is -0.465 e. The number of hydrogen-bond acceptors (Lipinski definition) is 4. The molecule has 0 heterocycles. The van der Waals surface area contributed by atoms with Crippen LogP contribution in [-0.4, -0.2) is 19.6 Å². The summed E-state index contributed by atoms with van der Waals surface area (Å²) in [4.78, 5) is 11.5. The third kappa shape index (κ3) is 3.72. The Labute approximate surface area is 122 Å². The van der Waals surface area contributed by atoms with Crippen LogP contribution in [0, 0.1) is 5.82 Å². The van der Waals surface area contributed by atoms with Gasteiger partial charge in [0.15, 0.2) is 0 Å². The van der Waals surface area contributed by atoms with Gasteiger partial charge in [-0.05, 0) is 36.2 Å². The van der Waals surface area contributed by atoms with Crippen molar-refractivity contribution in [1.82, 2.24) is 0 Å². The van der Waals surface area contributed by atoms with Gasteiger partial charge in [0.05, 0.1) is 12.7 Å². The Morgan fingerprint density at radius 3 is 2.76 bits per heavy atom. The van der Waals surface area contributed by atoms with Gasteiger partial charge in [-0.1, -0.05) is 18.2 Å². The predicted octanol–water partition coefficient (Wildman–Crippen LogP) is 2.85. The Bertz CT molecular complexity index is 644. The molecule has 0 bridgehead atoms. The molecule has 0 aliphatic carbocycles. The van der Waals surface area contributed by atoms with E-state index in [1.165, 1.54) is 13.2 Å². The van der Waals surface area contributed by atoms with E-state index < -0.39 is 5.97 Å². The predicted molar refractivity (Wildman–Crippen MR) is 80.8 cm³/mol. The van der Waals surface area contributed by atoms with E-state index >= 15 is 0 Å². The summed E-state index contributed by atoms with van der Waals surface area (Å²) in [6.45, 7) is 0.547. The Kier molecular flexibility index (Phi) is 4.77. The average molecular weight is 288 g/mol. The lowest BCUT2D eigenvalue weighted by Gasteiger charge is -2.10. The van der Waals surface area contributed by atoms with Crippen LogP contribution in [-0.2, 0) is 11.2 Å². The summed E-state index contributed by atoms with van der Waals surface area (Å²) in [6, 6.07) is 11.7. The lowest BCUT2D eigenvalue weighted by Crippen LogP contribution is -2.09. The van der Waals surface area contributed by atoms with Crippen molar-refractivity contribution in [3.63, 3.8) is 0 Å². The number of nitrogen functional groups attached to an aromatic ring is 1. The van der Waals surface area contributed by atoms with Crippen molar-refractivity contribution in [3.05, 3.63) is 59.4 Å². The van der Waals surface area contributed by atoms with Crippen LogP contribution in [0.4, 0.5) is 15.8 Å². The first-order chi connectivity index (χ1) is 10.1. The van der Waals surface area contributed by atoms with Crippen LogP contribution in [0.25, 0.3) is 0 Å². The number of carbonyl (C=O) groups excluding carboxylic acids is 1. The van der Waals surface area contributed by atoms with Crippen LogP contribution in [0.5, 0.6) is 0 Å². The molecule has 0 saturated heterocycles. The maximum absolute atomic E-state index is 13.5. The molecule has 0 fully saturated rings. The molecule has 0 atom stereocenters. The zero-order chi connectivity index (χ0) is 15.2. The van der Waals surface area contributed by atoms with Gasteiger partial charge in [0, 0.05) is 17.9 Å². The molecule has 4 nitrogen and oxygen atoms in total. The van der Waals surface area contributed by atoms with E-state index in [1.54, 1.807) is 36.4 Å². The number of hydrogen-bond donors (Lipinski definition) is 2. The van der Waals surface area contributed by atoms with Crippen molar-refractivity contribution in [2.45, 2.75) is 6.42 Å². The molecule has 110 valence electrons. The second kappa shape index (κ2) is 6.74. The van der Waals surface area contributed by atoms with Crippen molar-refractivity contribution in [2.24, 2.45) is 0 Å². The molecule has 0 unspecified atom stereocenters. The van der Waals surface area contributed by atoms with E-state index in [0.29, 0.717) is 29.8 Å². The molecule has 0 amide bonds. The smallest absolute Gasteiger partial charge is 0.340 e. The van der Waals surface area contributed by atoms with Crippen LogP contribution in [0.15, 0.2) is 42.5 Å². The van der Waals surface area contributed by atoms with Crippen LogP contribution >= 0.6 is 0 Å². The lowest BCUT2D eigenvalue weighted by molar-refractivity contribution is 0.0602. The fourth-order valence-corrected chi connectivity index (χ4v) is 2.00. The second-order valence-corrected chi connectivity index (χ2v) is 4.56. The summed E-state index contributed by atoms with van der Waals surface area (Å²) < 4.78 is 18.1. The van der Waals surface area contributed by atoms with Gasteiger partial charge in [0.25, 0.3) is 0 Å². The van der Waals surface area contributed by atoms with Crippen molar-refractivity contribution in [3.8, 4) is 0 Å². The molecule has 5 heteroatoms. The highest BCUT2D eigenvalue weighted by Gasteiger charge is 2.10. The minimum absolute atomic E-state index is 0.216. The van der Waals surface area contributed by atoms with Crippen LogP contribution < -0.4 is 11.1 Å². The van der Waals surface area contributed by atoms with Crippen molar-refractivity contribution in [1.29, 1.82) is 0 Å². The van der Waals surface area contributed by atoms with Crippen molar-refractivity contribution < 1.29 is 13.9 Å². The van der Waals surface area contributed by atoms with Gasteiger partial charge in [-0.3, -0.25) is 0 Å². The third-order valence-electron chi connectivity index (χ3n) is 3.14. The van der Waals surface area contributed by atoms with Gasteiger partial charge < -0.3 is 15.8 Å². The highest BCUT2D eigenvalue weighted by molar-refractivity contribution is 5.96. The summed E-state index contributed by atoms with van der Waals surface area (Å²) in [7, 11) is 1.31. The fourth-order valence-electron chi connectivity index (χ4n) is 2.00. The van der Waals surface area contributed by atoms with E-state index in [9.17, 15) is 9.18 Å². The van der Waals surface area contributed by atoms with Crippen LogP contribution in [0.2, 0.25) is 0 Å². The molecule has 0 aliphatic rings. The number of ether oxygens (including phenoxy) is 1. The number of nitrogens with one attached hydrogen (secondary N) is 1. The van der Waals surface area contributed by atoms with Gasteiger partial charge in [-0.25, -0.2) is 9.18 Å². The quantitative estimate of drug-likeness (QED) is 0.656. The van der Waals surface area contributed by atoms with Crippen LogP contribution in [0.1, 0.15) is 15.9 Å². The first kappa shape index (κ1) is 14.8. The number of esters is 1. The normalized spacial score (nSPS) is 10.2. The van der Waals surface area contributed by atoms with E-state index in [1.807, 2.05) is 0 Å². The molecule has 0 aliphatic heterocycles. The average Bonchev–Trinajstić information content (AvgIpc) is 2.50. The van der Waals surface area contributed by atoms with Gasteiger partial charge in [-0.15, -0.1) is 0 Å². The number of nitrogens with two attached hydrogens (primary N) is 1. The standard InChI is InChI=1S/C16H17FN2O2/c1-21-16(20)13-10-12(6-7-15(13)18)19-9-8-11-4-2-3-5-14(11)17/h2-7,10,19H,8-9,18H2,1H3. The second-order valence-electron chi connectivity index (χ2n) is 4.56. The number of benzene rings is 2. The molecule has 2 rings (SSSR count). The Hall–Kier alpha value is -2.56. The monoisotopic (exact) mass is 288 g/mol. The summed E-state index contributed by atoms with van der Waals surface area (Å²) in [6.07, 6.45) is 0.546. The molecule has 21 heavy (non-hydrogen) atoms. The van der Waals surface area contributed by atoms with Gasteiger partial charge >= 0.3 is 5.97 Å². The minimum atomic E-state index is -0.481. The maximum atomic E-state index is 13.5. The Balaban J connectivity index is 2.01. The lowest BCUT2D eigenvalue weighted by atomic mass is 10.1. The SMILES string of the molecule is COC(=O)c1cc(NCCc2ccccc2F)ccc1N. The van der Waals surface area contributed by atoms with Gasteiger partial charge in [0.2, 0.25) is 0 Å². The largest absolute Gasteiger partial charge is 0.465 e. The summed E-state index contributed by atoms with van der Waals surface area (Å²) >= 11 is 0. The molecule has 0 spiro atoms. The van der Waals surface area contributed by atoms with Gasteiger partial charge in [0.1, 0.15) is 5.82 Å². The van der Waals surface area contributed by atoms with Crippen molar-refractivity contribution in [2.75, 3.05) is 24.7 Å². The van der Waals surface area contributed by atoms with E-state index in [-0.39, 0.29) is 5.82 Å². The zero-order valence-electron chi connectivity index (χ0n) is 11.7. The molecular weight excluding hydrogens is 271 g/mol. The van der Waals surface area contributed by atoms with E-state index in [0.717, 1.165) is 5.69 Å². The number of carbonyl (C=O) groups is 1. The number of anilines is 2. The zero-order valence-corrected chi connectivity index (χ0v) is 11.7.